The molecule has 0 bridgehead atoms. The first-order valence-corrected chi connectivity index (χ1v) is 8.99. The Morgan fingerprint density at radius 2 is 1.80 bits per heavy atom. The van der Waals surface area contributed by atoms with Crippen LogP contribution in [-0.2, 0) is 17.8 Å². The highest BCUT2D eigenvalue weighted by Crippen LogP contribution is 2.28. The third kappa shape index (κ3) is 4.51. The van der Waals surface area contributed by atoms with Crippen molar-refractivity contribution in [1.29, 1.82) is 0 Å². The van der Waals surface area contributed by atoms with Crippen LogP contribution in [0.2, 0.25) is 10.0 Å². The molecule has 0 aliphatic heterocycles. The highest BCUT2D eigenvalue weighted by atomic mass is 35.5. The van der Waals surface area contributed by atoms with E-state index in [-0.39, 0.29) is 13.0 Å². The molecule has 0 unspecified atom stereocenters. The molecule has 2 aromatic carbocycles. The Bertz CT molecular complexity index is 873. The minimum absolute atomic E-state index is 0.0731. The fourth-order valence-electron chi connectivity index (χ4n) is 2.20. The predicted octanol–water partition coefficient (Wildman–Crippen LogP) is 5.32. The quantitative estimate of drug-likeness (QED) is 0.615. The monoisotopic (exact) mass is 393 g/mol. The van der Waals surface area contributed by atoms with Gasteiger partial charge in [0.15, 0.2) is 0 Å². The van der Waals surface area contributed by atoms with Gasteiger partial charge in [-0.05, 0) is 36.4 Å². The zero-order valence-corrected chi connectivity index (χ0v) is 15.2. The molecule has 0 atom stereocenters. The van der Waals surface area contributed by atoms with E-state index in [2.05, 4.69) is 4.98 Å². The molecule has 4 nitrogen and oxygen atoms in total. The second kappa shape index (κ2) is 7.87. The lowest BCUT2D eigenvalue weighted by Crippen LogP contribution is -1.99. The summed E-state index contributed by atoms with van der Waals surface area (Å²) in [5.74, 6) is -0.208. The predicted molar refractivity (Wildman–Crippen MR) is 99.7 cm³/mol. The summed E-state index contributed by atoms with van der Waals surface area (Å²) in [5, 5.41) is 12.5. The van der Waals surface area contributed by atoms with Crippen LogP contribution in [0.5, 0.6) is 5.75 Å². The number of carbonyl (C=O) groups is 1. The Kier molecular flexibility index (Phi) is 5.58. The van der Waals surface area contributed by atoms with Gasteiger partial charge in [-0.3, -0.25) is 4.79 Å². The first-order chi connectivity index (χ1) is 12.0. The molecule has 0 saturated heterocycles. The van der Waals surface area contributed by atoms with Crippen molar-refractivity contribution >= 4 is 40.5 Å². The third-order valence-electron chi connectivity index (χ3n) is 3.43. The number of carboxylic acid groups (broad SMARTS) is 1. The van der Waals surface area contributed by atoms with Gasteiger partial charge in [-0.15, -0.1) is 11.3 Å². The van der Waals surface area contributed by atoms with Gasteiger partial charge in [0.2, 0.25) is 0 Å². The lowest BCUT2D eigenvalue weighted by Gasteiger charge is -2.09. The van der Waals surface area contributed by atoms with Crippen molar-refractivity contribution in [2.45, 2.75) is 13.0 Å². The average Bonchev–Trinajstić information content (AvgIpc) is 3.02. The molecule has 128 valence electrons. The second-order valence-electron chi connectivity index (χ2n) is 5.23. The molecular formula is C18H13Cl2NO3S. The van der Waals surface area contributed by atoms with Gasteiger partial charge in [0.25, 0.3) is 0 Å². The van der Waals surface area contributed by atoms with Crippen molar-refractivity contribution in [3.63, 3.8) is 0 Å². The zero-order valence-electron chi connectivity index (χ0n) is 12.9. The van der Waals surface area contributed by atoms with Gasteiger partial charge in [0.05, 0.1) is 12.1 Å². The SMILES string of the molecule is O=C(O)Cc1csc(-c2ccc(OCc3c(Cl)cccc3Cl)cc2)n1. The molecule has 0 aliphatic carbocycles. The Morgan fingerprint density at radius 3 is 2.44 bits per heavy atom. The molecule has 0 amide bonds. The molecule has 3 rings (SSSR count). The van der Waals surface area contributed by atoms with E-state index in [1.807, 2.05) is 24.3 Å². The van der Waals surface area contributed by atoms with Crippen molar-refractivity contribution in [1.82, 2.24) is 4.98 Å². The van der Waals surface area contributed by atoms with E-state index in [1.54, 1.807) is 23.6 Å². The number of rotatable bonds is 6. The first kappa shape index (κ1) is 17.7. The summed E-state index contributed by atoms with van der Waals surface area (Å²) >= 11 is 13.7. The van der Waals surface area contributed by atoms with E-state index in [0.717, 1.165) is 16.1 Å². The van der Waals surface area contributed by atoms with Crippen LogP contribution in [0.4, 0.5) is 0 Å². The second-order valence-corrected chi connectivity index (χ2v) is 6.90. The summed E-state index contributed by atoms with van der Waals surface area (Å²) in [5.41, 5.74) is 2.21. The number of aromatic nitrogens is 1. The van der Waals surface area contributed by atoms with E-state index >= 15 is 0 Å². The van der Waals surface area contributed by atoms with Crippen molar-refractivity contribution in [2.75, 3.05) is 0 Å². The average molecular weight is 394 g/mol. The Labute approximate surface area is 158 Å². The summed E-state index contributed by atoms with van der Waals surface area (Å²) in [7, 11) is 0. The molecule has 1 N–H and O–H groups in total. The molecule has 3 aromatic rings. The molecule has 25 heavy (non-hydrogen) atoms. The highest BCUT2D eigenvalue weighted by molar-refractivity contribution is 7.13. The van der Waals surface area contributed by atoms with Crippen molar-refractivity contribution in [3.8, 4) is 16.3 Å². The normalized spacial score (nSPS) is 10.6. The molecular weight excluding hydrogens is 381 g/mol. The summed E-state index contributed by atoms with van der Waals surface area (Å²) in [6.07, 6.45) is -0.0731. The Balaban J connectivity index is 1.68. The van der Waals surface area contributed by atoms with E-state index in [4.69, 9.17) is 33.0 Å². The van der Waals surface area contributed by atoms with E-state index in [9.17, 15) is 4.79 Å². The van der Waals surface area contributed by atoms with Gasteiger partial charge in [0, 0.05) is 26.6 Å². The van der Waals surface area contributed by atoms with Crippen molar-refractivity contribution < 1.29 is 14.6 Å². The molecule has 0 aliphatic rings. The van der Waals surface area contributed by atoms with Crippen LogP contribution in [-0.4, -0.2) is 16.1 Å². The minimum Gasteiger partial charge on any atom is -0.489 e. The van der Waals surface area contributed by atoms with Gasteiger partial charge in [-0.2, -0.15) is 0 Å². The van der Waals surface area contributed by atoms with Crippen molar-refractivity contribution in [3.05, 3.63) is 69.1 Å². The number of halogens is 2. The molecule has 1 heterocycles. The van der Waals surface area contributed by atoms with Crippen molar-refractivity contribution in [2.24, 2.45) is 0 Å². The number of aliphatic carboxylic acids is 1. The van der Waals surface area contributed by atoms with Crippen LogP contribution >= 0.6 is 34.5 Å². The lowest BCUT2D eigenvalue weighted by molar-refractivity contribution is -0.136. The summed E-state index contributed by atoms with van der Waals surface area (Å²) in [6, 6.07) is 12.8. The number of carboxylic acids is 1. The third-order valence-corrected chi connectivity index (χ3v) is 5.08. The van der Waals surface area contributed by atoms with Crippen LogP contribution < -0.4 is 4.74 Å². The van der Waals surface area contributed by atoms with Gasteiger partial charge in [-0.1, -0.05) is 29.3 Å². The first-order valence-electron chi connectivity index (χ1n) is 7.35. The standard InChI is InChI=1S/C18H13Cl2NO3S/c19-15-2-1-3-16(20)14(15)9-24-13-6-4-11(5-7-13)18-21-12(10-25-18)8-17(22)23/h1-7,10H,8-9H2,(H,22,23). The van der Waals surface area contributed by atoms with Crippen LogP contribution in [0.1, 0.15) is 11.3 Å². The number of benzene rings is 2. The lowest BCUT2D eigenvalue weighted by atomic mass is 10.2. The smallest absolute Gasteiger partial charge is 0.309 e. The van der Waals surface area contributed by atoms with E-state index in [1.165, 1.54) is 11.3 Å². The molecule has 1 aromatic heterocycles. The molecule has 0 spiro atoms. The van der Waals surface area contributed by atoms with Gasteiger partial charge in [0.1, 0.15) is 17.4 Å². The fourth-order valence-corrected chi connectivity index (χ4v) is 3.53. The molecule has 0 radical (unpaired) electrons. The number of hydrogen-bond acceptors (Lipinski definition) is 4. The number of thiazole rings is 1. The molecule has 7 heteroatoms. The van der Waals surface area contributed by atoms with E-state index in [0.29, 0.717) is 21.5 Å². The highest BCUT2D eigenvalue weighted by Gasteiger charge is 2.09. The molecule has 0 saturated carbocycles. The van der Waals surface area contributed by atoms with Gasteiger partial charge in [-0.25, -0.2) is 4.98 Å². The maximum absolute atomic E-state index is 10.7. The summed E-state index contributed by atoms with van der Waals surface area (Å²) in [4.78, 5) is 15.1. The zero-order chi connectivity index (χ0) is 17.8. The number of hydrogen-bond donors (Lipinski definition) is 1. The van der Waals surface area contributed by atoms with Crippen LogP contribution in [0, 0.1) is 0 Å². The van der Waals surface area contributed by atoms with Crippen LogP contribution in [0.15, 0.2) is 47.8 Å². The Hall–Kier alpha value is -2.08. The Morgan fingerprint density at radius 1 is 1.12 bits per heavy atom. The fraction of sp³-hybridized carbons (Fsp3) is 0.111. The largest absolute Gasteiger partial charge is 0.489 e. The van der Waals surface area contributed by atoms with E-state index < -0.39 is 5.97 Å². The van der Waals surface area contributed by atoms with Gasteiger partial charge >= 0.3 is 5.97 Å². The maximum atomic E-state index is 10.7. The minimum atomic E-state index is -0.890. The van der Waals surface area contributed by atoms with Crippen LogP contribution in [0.25, 0.3) is 10.6 Å². The number of nitrogens with zero attached hydrogens (tertiary/aromatic N) is 1. The van der Waals surface area contributed by atoms with Gasteiger partial charge < -0.3 is 9.84 Å². The summed E-state index contributed by atoms with van der Waals surface area (Å²) < 4.78 is 5.74. The molecule has 0 fully saturated rings. The summed E-state index contributed by atoms with van der Waals surface area (Å²) in [6.45, 7) is 0.276. The topological polar surface area (TPSA) is 59.4 Å². The number of ether oxygens (including phenoxy) is 1. The van der Waals surface area contributed by atoms with Crippen LogP contribution in [0.3, 0.4) is 0 Å². The maximum Gasteiger partial charge on any atom is 0.309 e.